The maximum atomic E-state index is 13.9. The Morgan fingerprint density at radius 2 is 1.96 bits per heavy atom. The maximum Gasteiger partial charge on any atom is 0.230 e. The fraction of sp³-hybridized carbons (Fsp3) is 0.588. The molecule has 0 saturated carbocycles. The monoisotopic (exact) mass is 372 g/mol. The van der Waals surface area contributed by atoms with E-state index in [4.69, 9.17) is 0 Å². The molecule has 138 valence electrons. The van der Waals surface area contributed by atoms with E-state index in [1.165, 1.54) is 21.3 Å². The van der Waals surface area contributed by atoms with Gasteiger partial charge in [-0.15, -0.1) is 0 Å². The van der Waals surface area contributed by atoms with E-state index >= 15 is 0 Å². The van der Waals surface area contributed by atoms with Gasteiger partial charge in [-0.3, -0.25) is 4.79 Å². The number of hydrogen-bond acceptors (Lipinski definition) is 3. The maximum absolute atomic E-state index is 13.9. The zero-order valence-electron chi connectivity index (χ0n) is 14.2. The Bertz CT molecular complexity index is 784. The largest absolute Gasteiger partial charge is 0.338 e. The van der Waals surface area contributed by atoms with Crippen LogP contribution in [0.4, 0.5) is 8.78 Å². The SMILES string of the molecule is CCS(=O)(=O)N1CC[C@@]2(CCCN(Cc3cccc(F)c3F)C2=O)C1. The Hall–Kier alpha value is -1.54. The number of rotatable bonds is 4. The van der Waals surface area contributed by atoms with Gasteiger partial charge < -0.3 is 4.90 Å². The Morgan fingerprint density at radius 3 is 2.68 bits per heavy atom. The first-order valence-corrected chi connectivity index (χ1v) is 10.1. The van der Waals surface area contributed by atoms with Gasteiger partial charge in [0.05, 0.1) is 11.2 Å². The summed E-state index contributed by atoms with van der Waals surface area (Å²) >= 11 is 0. The van der Waals surface area contributed by atoms with Crippen LogP contribution in [-0.2, 0) is 21.4 Å². The van der Waals surface area contributed by atoms with E-state index in [0.717, 1.165) is 12.5 Å². The summed E-state index contributed by atoms with van der Waals surface area (Å²) in [5.41, 5.74) is -0.592. The molecule has 0 N–H and O–H groups in total. The average Bonchev–Trinajstić information content (AvgIpc) is 3.02. The highest BCUT2D eigenvalue weighted by Gasteiger charge is 2.50. The first-order chi connectivity index (χ1) is 11.8. The third kappa shape index (κ3) is 3.29. The van der Waals surface area contributed by atoms with Crippen LogP contribution in [-0.4, -0.2) is 48.9 Å². The zero-order valence-corrected chi connectivity index (χ0v) is 15.0. The van der Waals surface area contributed by atoms with Crippen molar-refractivity contribution in [3.05, 3.63) is 35.4 Å². The third-order valence-corrected chi connectivity index (χ3v) is 7.12. The van der Waals surface area contributed by atoms with E-state index in [1.54, 1.807) is 6.92 Å². The number of carbonyl (C=O) groups excluding carboxylic acids is 1. The van der Waals surface area contributed by atoms with Gasteiger partial charge >= 0.3 is 0 Å². The summed E-state index contributed by atoms with van der Waals surface area (Å²) in [4.78, 5) is 14.5. The number of nitrogens with zero attached hydrogens (tertiary/aromatic N) is 2. The Kier molecular flexibility index (Phi) is 4.85. The molecule has 1 aromatic rings. The summed E-state index contributed by atoms with van der Waals surface area (Å²) in [7, 11) is -3.33. The highest BCUT2D eigenvalue weighted by Crippen LogP contribution is 2.41. The van der Waals surface area contributed by atoms with Crippen LogP contribution >= 0.6 is 0 Å². The number of halogens is 2. The summed E-state index contributed by atoms with van der Waals surface area (Å²) in [6.45, 7) is 2.58. The van der Waals surface area contributed by atoms with Gasteiger partial charge in [0.15, 0.2) is 11.6 Å². The lowest BCUT2D eigenvalue weighted by atomic mass is 9.78. The number of carbonyl (C=O) groups is 1. The van der Waals surface area contributed by atoms with Crippen LogP contribution in [0.3, 0.4) is 0 Å². The first kappa shape index (κ1) is 18.3. The molecule has 3 rings (SSSR count). The quantitative estimate of drug-likeness (QED) is 0.814. The van der Waals surface area contributed by atoms with Crippen LogP contribution < -0.4 is 0 Å². The minimum atomic E-state index is -3.33. The molecule has 2 fully saturated rings. The fourth-order valence-corrected chi connectivity index (χ4v) is 4.99. The second kappa shape index (κ2) is 6.64. The molecule has 2 saturated heterocycles. The van der Waals surface area contributed by atoms with Gasteiger partial charge in [-0.25, -0.2) is 21.5 Å². The van der Waals surface area contributed by atoms with Crippen molar-refractivity contribution in [2.24, 2.45) is 5.41 Å². The highest BCUT2D eigenvalue weighted by molar-refractivity contribution is 7.89. The van der Waals surface area contributed by atoms with Gasteiger partial charge in [-0.2, -0.15) is 0 Å². The van der Waals surface area contributed by atoms with Crippen LogP contribution in [0.2, 0.25) is 0 Å². The van der Waals surface area contributed by atoms with Crippen LogP contribution in [0.5, 0.6) is 0 Å². The molecule has 0 unspecified atom stereocenters. The minimum Gasteiger partial charge on any atom is -0.338 e. The second-order valence-corrected chi connectivity index (χ2v) is 9.07. The number of amides is 1. The summed E-state index contributed by atoms with van der Waals surface area (Å²) in [6.07, 6.45) is 1.83. The summed E-state index contributed by atoms with van der Waals surface area (Å²) in [6, 6.07) is 3.93. The molecule has 8 heteroatoms. The lowest BCUT2D eigenvalue weighted by Gasteiger charge is -2.39. The van der Waals surface area contributed by atoms with E-state index in [-0.39, 0.29) is 30.3 Å². The minimum absolute atomic E-state index is 0.00467. The number of sulfonamides is 1. The Balaban J connectivity index is 1.79. The Morgan fingerprint density at radius 1 is 1.20 bits per heavy atom. The van der Waals surface area contributed by atoms with Crippen molar-refractivity contribution in [3.63, 3.8) is 0 Å². The van der Waals surface area contributed by atoms with Crippen LogP contribution in [0, 0.1) is 17.0 Å². The molecule has 1 aromatic carbocycles. The smallest absolute Gasteiger partial charge is 0.230 e. The van der Waals surface area contributed by atoms with E-state index in [0.29, 0.717) is 25.9 Å². The average molecular weight is 372 g/mol. The van der Waals surface area contributed by atoms with E-state index in [1.807, 2.05) is 0 Å². The van der Waals surface area contributed by atoms with Crippen molar-refractivity contribution in [2.75, 3.05) is 25.4 Å². The number of hydrogen-bond donors (Lipinski definition) is 0. The number of likely N-dealkylation sites (tertiary alicyclic amines) is 1. The molecule has 1 spiro atoms. The molecular weight excluding hydrogens is 350 g/mol. The standard InChI is InChI=1S/C17H22F2N2O3S/c1-2-25(23,24)21-10-8-17(12-21)7-4-9-20(16(17)22)11-13-5-3-6-14(18)15(13)19/h3,5-6H,2,4,7-12H2,1H3/t17-/m0/s1. The van der Waals surface area contributed by atoms with Gasteiger partial charge in [0.25, 0.3) is 0 Å². The molecule has 25 heavy (non-hydrogen) atoms. The number of piperidine rings is 1. The lowest BCUT2D eigenvalue weighted by molar-refractivity contribution is -0.146. The summed E-state index contributed by atoms with van der Waals surface area (Å²) in [5.74, 6) is -2.01. The van der Waals surface area contributed by atoms with Crippen molar-refractivity contribution >= 4 is 15.9 Å². The molecular formula is C17H22F2N2O3S. The van der Waals surface area contributed by atoms with Crippen LogP contribution in [0.15, 0.2) is 18.2 Å². The normalized spacial score (nSPS) is 25.1. The molecule has 0 bridgehead atoms. The van der Waals surface area contributed by atoms with Crippen molar-refractivity contribution < 1.29 is 22.0 Å². The van der Waals surface area contributed by atoms with Gasteiger partial charge in [0.2, 0.25) is 15.9 Å². The molecule has 2 aliphatic heterocycles. The van der Waals surface area contributed by atoms with Gasteiger partial charge in [-0.1, -0.05) is 12.1 Å². The van der Waals surface area contributed by atoms with Crippen molar-refractivity contribution in [1.29, 1.82) is 0 Å². The van der Waals surface area contributed by atoms with Gasteiger partial charge in [0.1, 0.15) is 0 Å². The third-order valence-electron chi connectivity index (χ3n) is 5.29. The highest BCUT2D eigenvalue weighted by atomic mass is 32.2. The lowest BCUT2D eigenvalue weighted by Crippen LogP contribution is -2.50. The van der Waals surface area contributed by atoms with Crippen LogP contribution in [0.1, 0.15) is 31.7 Å². The molecule has 2 aliphatic rings. The second-order valence-electron chi connectivity index (χ2n) is 6.81. The molecule has 5 nitrogen and oxygen atoms in total. The summed E-state index contributed by atoms with van der Waals surface area (Å²) < 4.78 is 52.9. The molecule has 0 radical (unpaired) electrons. The zero-order chi connectivity index (χ0) is 18.2. The number of benzene rings is 1. The van der Waals surface area contributed by atoms with Gasteiger partial charge in [0, 0.05) is 31.7 Å². The fourth-order valence-electron chi connectivity index (χ4n) is 3.81. The molecule has 1 atom stereocenters. The topological polar surface area (TPSA) is 57.7 Å². The predicted molar refractivity (Wildman–Crippen MR) is 89.1 cm³/mol. The van der Waals surface area contributed by atoms with Crippen molar-refractivity contribution in [2.45, 2.75) is 32.7 Å². The van der Waals surface area contributed by atoms with Crippen molar-refractivity contribution in [1.82, 2.24) is 9.21 Å². The molecule has 2 heterocycles. The molecule has 0 aromatic heterocycles. The van der Waals surface area contributed by atoms with E-state index < -0.39 is 27.1 Å². The first-order valence-electron chi connectivity index (χ1n) is 8.49. The van der Waals surface area contributed by atoms with Gasteiger partial charge in [-0.05, 0) is 32.3 Å². The Labute approximate surface area is 146 Å². The van der Waals surface area contributed by atoms with Crippen molar-refractivity contribution in [3.8, 4) is 0 Å². The van der Waals surface area contributed by atoms with E-state index in [9.17, 15) is 22.0 Å². The summed E-state index contributed by atoms with van der Waals surface area (Å²) in [5, 5.41) is 0. The molecule has 0 aliphatic carbocycles. The predicted octanol–water partition coefficient (Wildman–Crippen LogP) is 2.13. The van der Waals surface area contributed by atoms with E-state index in [2.05, 4.69) is 0 Å². The van der Waals surface area contributed by atoms with Crippen LogP contribution in [0.25, 0.3) is 0 Å². The molecule has 1 amide bonds.